The highest BCUT2D eigenvalue weighted by atomic mass is 15.2. The third-order valence-corrected chi connectivity index (χ3v) is 16.4. The van der Waals surface area contributed by atoms with Crippen LogP contribution in [0.25, 0.3) is 33.4 Å². The molecule has 2 heterocycles. The highest BCUT2D eigenvalue weighted by Gasteiger charge is 2.53. The van der Waals surface area contributed by atoms with Gasteiger partial charge in [-0.3, -0.25) is 0 Å². The Labute approximate surface area is 372 Å². The van der Waals surface area contributed by atoms with Gasteiger partial charge < -0.3 is 9.80 Å². The summed E-state index contributed by atoms with van der Waals surface area (Å²) in [6.07, 6.45) is 7.43. The predicted octanol–water partition coefficient (Wildman–Crippen LogP) is 15.7. The molecule has 4 atom stereocenters. The standard InChI is InChI=1S/C61H52N2/c1-59-35-15-25-53(59)51-39-43(29-33-57(51)62(59)47-21-11-5-12-22-47)41-27-31-55-49(37-41)50-38-42(28-32-56(50)61(55,45-17-7-3-8-18-45)46-19-9-4-10-20-46)44-30-34-58-52(40-44)54-26-16-36-60(54,2)63(58)48-23-13-6-14-24-48/h3-14,17-24,27-34,37-40,53-54H,15-16,25-26,35-36H2,1-2H3. The molecule has 4 unspecified atom stereocenters. The van der Waals surface area contributed by atoms with E-state index in [0.717, 1.165) is 0 Å². The minimum absolute atomic E-state index is 0.0916. The second-order valence-electron chi connectivity index (χ2n) is 19.5. The van der Waals surface area contributed by atoms with Crippen LogP contribution in [0.3, 0.4) is 0 Å². The van der Waals surface area contributed by atoms with Crippen LogP contribution in [0.2, 0.25) is 0 Å². The highest BCUT2D eigenvalue weighted by Crippen LogP contribution is 2.62. The topological polar surface area (TPSA) is 6.48 Å². The quantitative estimate of drug-likeness (QED) is 0.165. The van der Waals surface area contributed by atoms with Crippen molar-refractivity contribution in [2.24, 2.45) is 0 Å². The average molecular weight is 813 g/mol. The summed E-state index contributed by atoms with van der Waals surface area (Å²) in [6.45, 7) is 5.00. The van der Waals surface area contributed by atoms with Gasteiger partial charge in [0.25, 0.3) is 0 Å². The predicted molar refractivity (Wildman–Crippen MR) is 262 cm³/mol. The summed E-state index contributed by atoms with van der Waals surface area (Å²) in [6, 6.07) is 74.1. The minimum Gasteiger partial charge on any atom is -0.335 e. The highest BCUT2D eigenvalue weighted by molar-refractivity contribution is 5.92. The maximum atomic E-state index is 2.66. The van der Waals surface area contributed by atoms with E-state index in [-0.39, 0.29) is 11.1 Å². The van der Waals surface area contributed by atoms with Crippen LogP contribution in [-0.4, -0.2) is 11.1 Å². The molecule has 3 aliphatic carbocycles. The lowest BCUT2D eigenvalue weighted by molar-refractivity contribution is 0.451. The second kappa shape index (κ2) is 13.7. The van der Waals surface area contributed by atoms with Crippen LogP contribution in [-0.2, 0) is 5.41 Å². The zero-order valence-corrected chi connectivity index (χ0v) is 36.3. The van der Waals surface area contributed by atoms with Gasteiger partial charge in [-0.1, -0.05) is 146 Å². The number of anilines is 4. The van der Waals surface area contributed by atoms with Gasteiger partial charge in [0.1, 0.15) is 0 Å². The van der Waals surface area contributed by atoms with Crippen LogP contribution in [0.15, 0.2) is 194 Å². The molecule has 2 saturated carbocycles. The van der Waals surface area contributed by atoms with Gasteiger partial charge in [0.05, 0.1) is 5.41 Å². The van der Waals surface area contributed by atoms with E-state index < -0.39 is 5.41 Å². The summed E-state index contributed by atoms with van der Waals surface area (Å²) in [5, 5.41) is 0. The molecule has 0 spiro atoms. The Hall–Kier alpha value is -6.64. The van der Waals surface area contributed by atoms with E-state index in [1.54, 1.807) is 0 Å². The molecule has 0 bridgehead atoms. The molecule has 2 fully saturated rings. The molecule has 0 saturated heterocycles. The van der Waals surface area contributed by atoms with Gasteiger partial charge in [-0.15, -0.1) is 0 Å². The van der Waals surface area contributed by atoms with E-state index in [4.69, 9.17) is 0 Å². The molecule has 2 heteroatoms. The summed E-state index contributed by atoms with van der Waals surface area (Å²) < 4.78 is 0. The first kappa shape index (κ1) is 37.0. The maximum Gasteiger partial charge on any atom is 0.0713 e. The van der Waals surface area contributed by atoms with Crippen molar-refractivity contribution in [3.8, 4) is 33.4 Å². The Morgan fingerprint density at radius 3 is 1.17 bits per heavy atom. The lowest BCUT2D eigenvalue weighted by Crippen LogP contribution is -2.40. The van der Waals surface area contributed by atoms with E-state index in [1.165, 1.54) is 128 Å². The van der Waals surface area contributed by atoms with Crippen LogP contribution < -0.4 is 9.80 Å². The molecule has 0 radical (unpaired) electrons. The molecular formula is C61H52N2. The van der Waals surface area contributed by atoms with Crippen molar-refractivity contribution in [3.63, 3.8) is 0 Å². The van der Waals surface area contributed by atoms with Gasteiger partial charge in [-0.25, -0.2) is 0 Å². The monoisotopic (exact) mass is 812 g/mol. The average Bonchev–Trinajstić information content (AvgIpc) is 4.11. The molecule has 0 amide bonds. The first-order chi connectivity index (χ1) is 31.0. The van der Waals surface area contributed by atoms with Crippen molar-refractivity contribution in [3.05, 3.63) is 228 Å². The Kier molecular flexibility index (Phi) is 8.03. The number of rotatable bonds is 6. The number of fused-ring (bicyclic) bond motifs is 9. The van der Waals surface area contributed by atoms with Crippen molar-refractivity contribution < 1.29 is 0 Å². The smallest absolute Gasteiger partial charge is 0.0713 e. The van der Waals surface area contributed by atoms with Gasteiger partial charge in [0.15, 0.2) is 0 Å². The minimum atomic E-state index is -0.455. The Morgan fingerprint density at radius 2 is 0.762 bits per heavy atom. The van der Waals surface area contributed by atoms with Crippen molar-refractivity contribution in [2.75, 3.05) is 9.80 Å². The third kappa shape index (κ3) is 5.13. The summed E-state index contributed by atoms with van der Waals surface area (Å²) in [7, 11) is 0. The number of hydrogen-bond donors (Lipinski definition) is 0. The fourth-order valence-corrected chi connectivity index (χ4v) is 13.7. The maximum absolute atomic E-state index is 2.66. The number of nitrogens with zero attached hydrogens (tertiary/aromatic N) is 2. The first-order valence-electron chi connectivity index (χ1n) is 23.4. The van der Waals surface area contributed by atoms with Gasteiger partial charge in [0, 0.05) is 45.7 Å². The van der Waals surface area contributed by atoms with Crippen LogP contribution in [0.1, 0.15) is 97.6 Å². The Bertz CT molecular complexity index is 2850. The Morgan fingerprint density at radius 1 is 0.397 bits per heavy atom. The first-order valence-corrected chi connectivity index (χ1v) is 23.4. The molecule has 0 N–H and O–H groups in total. The molecule has 13 rings (SSSR count). The molecule has 8 aromatic carbocycles. The van der Waals surface area contributed by atoms with Crippen molar-refractivity contribution in [1.82, 2.24) is 0 Å². The second-order valence-corrected chi connectivity index (χ2v) is 19.5. The van der Waals surface area contributed by atoms with Crippen molar-refractivity contribution in [1.29, 1.82) is 0 Å². The van der Waals surface area contributed by atoms with Crippen LogP contribution in [0.5, 0.6) is 0 Å². The van der Waals surface area contributed by atoms with E-state index in [2.05, 4.69) is 218 Å². The molecule has 63 heavy (non-hydrogen) atoms. The van der Waals surface area contributed by atoms with Crippen molar-refractivity contribution in [2.45, 2.75) is 80.7 Å². The molecule has 2 aliphatic heterocycles. The van der Waals surface area contributed by atoms with Gasteiger partial charge in [0.2, 0.25) is 0 Å². The number of hydrogen-bond acceptors (Lipinski definition) is 2. The van der Waals surface area contributed by atoms with Gasteiger partial charge >= 0.3 is 0 Å². The number of benzene rings is 8. The molecule has 306 valence electrons. The summed E-state index contributed by atoms with van der Waals surface area (Å²) in [5.74, 6) is 1.03. The van der Waals surface area contributed by atoms with Gasteiger partial charge in [-0.05, 0) is 167 Å². The van der Waals surface area contributed by atoms with Crippen LogP contribution >= 0.6 is 0 Å². The van der Waals surface area contributed by atoms with E-state index >= 15 is 0 Å². The van der Waals surface area contributed by atoms with Crippen molar-refractivity contribution >= 4 is 22.7 Å². The largest absolute Gasteiger partial charge is 0.335 e. The lowest BCUT2D eigenvalue weighted by Gasteiger charge is -2.37. The Balaban J connectivity index is 0.983. The zero-order valence-electron chi connectivity index (χ0n) is 36.3. The molecule has 5 aliphatic rings. The fraction of sp³-hybridized carbons (Fsp3) is 0.213. The van der Waals surface area contributed by atoms with Crippen LogP contribution in [0, 0.1) is 0 Å². The summed E-state index contributed by atoms with van der Waals surface area (Å²) in [5.41, 5.74) is 21.2. The van der Waals surface area contributed by atoms with E-state index in [1.807, 2.05) is 0 Å². The fourth-order valence-electron chi connectivity index (χ4n) is 13.7. The molecule has 2 nitrogen and oxygen atoms in total. The SMILES string of the molecule is CC12CCCC1c1cc(-c3ccc4c(c3)-c3cc(-c5ccc6c(c5)C5CCCC5(C)N6c5ccccc5)ccc3C4(c3ccccc3)c3ccccc3)ccc1N2c1ccccc1. The summed E-state index contributed by atoms with van der Waals surface area (Å²) >= 11 is 0. The molecule has 8 aromatic rings. The zero-order chi connectivity index (χ0) is 41.9. The van der Waals surface area contributed by atoms with Gasteiger partial charge in [-0.2, -0.15) is 0 Å². The molecular weight excluding hydrogens is 761 g/mol. The number of para-hydroxylation sites is 2. The van der Waals surface area contributed by atoms with Crippen LogP contribution in [0.4, 0.5) is 22.7 Å². The normalized spacial score (nSPS) is 23.2. The van der Waals surface area contributed by atoms with E-state index in [0.29, 0.717) is 11.8 Å². The van der Waals surface area contributed by atoms with E-state index in [9.17, 15) is 0 Å². The third-order valence-electron chi connectivity index (χ3n) is 16.4. The molecule has 0 aromatic heterocycles. The lowest BCUT2D eigenvalue weighted by atomic mass is 9.67. The summed E-state index contributed by atoms with van der Waals surface area (Å²) in [4.78, 5) is 5.31.